The van der Waals surface area contributed by atoms with Gasteiger partial charge in [-0.15, -0.1) is 6.42 Å². The van der Waals surface area contributed by atoms with E-state index in [1.807, 2.05) is 0 Å². The molecular formula is C9H14CmS2-2. The largest absolute Gasteiger partial charge is 0.824 e. The zero-order valence-corrected chi connectivity index (χ0v) is 11.8. The van der Waals surface area contributed by atoms with Gasteiger partial charge in [0.2, 0.25) is 0 Å². The molecule has 0 aromatic heterocycles. The topological polar surface area (TPSA) is 0 Å². The summed E-state index contributed by atoms with van der Waals surface area (Å²) in [5.74, 6) is 3.06. The third kappa shape index (κ3) is 2.49. The zero-order valence-electron chi connectivity index (χ0n) is 7.19. The minimum Gasteiger partial charge on any atom is -0.824 e. The van der Waals surface area contributed by atoms with Gasteiger partial charge in [-0.1, -0.05) is 30.7 Å². The van der Waals surface area contributed by atoms with E-state index in [9.17, 15) is 0 Å². The SMILES string of the molecule is CC[C@H]1CC=C(S)C[C-]1C[S-].[Cm]. The predicted molar refractivity (Wildman–Crippen MR) is 55.6 cm³/mol. The van der Waals surface area contributed by atoms with Crippen molar-refractivity contribution in [2.75, 3.05) is 5.75 Å². The second kappa shape index (κ2) is 5.15. The molecule has 3 heteroatoms. The summed E-state index contributed by atoms with van der Waals surface area (Å²) in [5.41, 5.74) is 0. The smallest absolute Gasteiger partial charge is 0 e. The van der Waals surface area contributed by atoms with Crippen molar-refractivity contribution >= 4 is 25.3 Å². The molecule has 1 atom stereocenters. The Morgan fingerprint density at radius 2 is 2.42 bits per heavy atom. The summed E-state index contributed by atoms with van der Waals surface area (Å²) in [6.07, 6.45) is 5.64. The van der Waals surface area contributed by atoms with Crippen LogP contribution in [0.15, 0.2) is 11.0 Å². The van der Waals surface area contributed by atoms with E-state index in [1.54, 1.807) is 0 Å². The van der Waals surface area contributed by atoms with Gasteiger partial charge in [-0.3, -0.25) is 0 Å². The van der Waals surface area contributed by atoms with Gasteiger partial charge in [0, 0.05) is 0 Å². The maximum atomic E-state index is 5.07. The zero-order chi connectivity index (χ0) is 8.27. The molecule has 0 radical (unpaired) electrons. The van der Waals surface area contributed by atoms with Crippen LogP contribution in [0.1, 0.15) is 26.2 Å². The van der Waals surface area contributed by atoms with Crippen LogP contribution in [0.4, 0.5) is 0 Å². The van der Waals surface area contributed by atoms with Crippen LogP contribution >= 0.6 is 12.6 Å². The van der Waals surface area contributed by atoms with Crippen molar-refractivity contribution in [1.82, 2.24) is 0 Å². The Kier molecular flexibility index (Phi) is 4.91. The molecule has 0 fully saturated rings. The summed E-state index contributed by atoms with van der Waals surface area (Å²) in [4.78, 5) is 1.20. The van der Waals surface area contributed by atoms with Crippen molar-refractivity contribution in [3.8, 4) is 0 Å². The van der Waals surface area contributed by atoms with Gasteiger partial charge in [-0.05, 0) is 0 Å². The van der Waals surface area contributed by atoms with Gasteiger partial charge in [0.25, 0.3) is 0 Å². The maximum Gasteiger partial charge on any atom is 0 e. The van der Waals surface area contributed by atoms with E-state index in [-0.39, 0.29) is 0 Å². The van der Waals surface area contributed by atoms with Gasteiger partial charge in [0.05, 0.1) is 0 Å². The van der Waals surface area contributed by atoms with Crippen LogP contribution in [0.3, 0.4) is 0 Å². The second-order valence-corrected chi connectivity index (χ2v) is 3.88. The Morgan fingerprint density at radius 3 is 2.92 bits per heavy atom. The minimum absolute atomic E-state index is 0. The van der Waals surface area contributed by atoms with Crippen LogP contribution in [0, 0.1) is 11.8 Å². The average molecular weight is 433 g/mol. The summed E-state index contributed by atoms with van der Waals surface area (Å²) in [7, 11) is 0. The summed E-state index contributed by atoms with van der Waals surface area (Å²) in [6.45, 7) is 2.23. The number of hydrogen-bond donors (Lipinski definition) is 1. The number of hydrogen-bond acceptors (Lipinski definition) is 2. The molecule has 0 bridgehead atoms. The van der Waals surface area contributed by atoms with Crippen LogP contribution in [-0.2, 0) is 12.6 Å². The predicted octanol–water partition coefficient (Wildman–Crippen LogP) is 2.74. The minimum atomic E-state index is 0. The van der Waals surface area contributed by atoms with Crippen molar-refractivity contribution in [1.29, 1.82) is 0 Å². The van der Waals surface area contributed by atoms with Crippen LogP contribution in [0.5, 0.6) is 0 Å². The van der Waals surface area contributed by atoms with Crippen molar-refractivity contribution in [2.45, 2.75) is 26.2 Å². The third-order valence-corrected chi connectivity index (χ3v) is 3.01. The Morgan fingerprint density at radius 1 is 1.75 bits per heavy atom. The summed E-state index contributed by atoms with van der Waals surface area (Å²) < 4.78 is 0. The van der Waals surface area contributed by atoms with Crippen LogP contribution in [0.2, 0.25) is 0 Å². The van der Waals surface area contributed by atoms with Crippen molar-refractivity contribution < 1.29 is 0 Å². The molecule has 1 aliphatic carbocycles. The van der Waals surface area contributed by atoms with E-state index < -0.39 is 0 Å². The van der Waals surface area contributed by atoms with E-state index in [1.165, 1.54) is 17.2 Å². The molecule has 0 unspecified atom stereocenters. The molecule has 12 heavy (non-hydrogen) atoms. The molecule has 0 saturated carbocycles. The van der Waals surface area contributed by atoms with Crippen LogP contribution < -0.4 is 0 Å². The fraction of sp³-hybridized carbons (Fsp3) is 0.667. The Labute approximate surface area is 80.3 Å². The molecule has 0 saturated heterocycles. The van der Waals surface area contributed by atoms with E-state index in [0.29, 0.717) is 0 Å². The fourth-order valence-electron chi connectivity index (χ4n) is 1.52. The van der Waals surface area contributed by atoms with Crippen LogP contribution in [0.25, 0.3) is 0 Å². The second-order valence-electron chi connectivity index (χ2n) is 3.02. The van der Waals surface area contributed by atoms with E-state index in [0.717, 1.165) is 24.5 Å². The normalized spacial score (nSPS) is 24.6. The standard InChI is InChI=1S/C9H15S2.Cm/c1-2-7-3-4-9(11)5-8(7)6-10;/h4,7,10-11H,2-3,5-6H2,1H3;/q-1;/p-1/t7-;/m0./s1. The molecule has 0 amide bonds. The molecule has 1 aliphatic rings. The van der Waals surface area contributed by atoms with Crippen molar-refractivity contribution in [3.63, 3.8) is 0 Å². The summed E-state index contributed by atoms with van der Waals surface area (Å²) in [5, 5.41) is 0. The molecule has 1 rings (SSSR count). The Bertz CT molecular complexity index is 157. The van der Waals surface area contributed by atoms with Gasteiger partial charge in [0.1, 0.15) is 0 Å². The molecule has 0 spiro atoms. The molecule has 0 heterocycles. The molecule has 0 nitrogen and oxygen atoms in total. The van der Waals surface area contributed by atoms with E-state index in [2.05, 4.69) is 25.6 Å². The molecule has 72 valence electrons. The summed E-state index contributed by atoms with van der Waals surface area (Å²) in [6, 6.07) is 0. The fourth-order valence-corrected chi connectivity index (χ4v) is 2.16. The van der Waals surface area contributed by atoms with Gasteiger partial charge >= 0.3 is 0 Å². The molecule has 0 N–H and O–H groups in total. The maximum absolute atomic E-state index is 5.07. The third-order valence-electron chi connectivity index (χ3n) is 2.30. The number of rotatable bonds is 2. The van der Waals surface area contributed by atoms with Gasteiger partial charge in [-0.2, -0.15) is 18.5 Å². The van der Waals surface area contributed by atoms with Gasteiger partial charge < -0.3 is 24.3 Å². The first-order valence-electron chi connectivity index (χ1n) is 4.08. The molecule has 0 aliphatic heterocycles. The van der Waals surface area contributed by atoms with E-state index >= 15 is 0 Å². The van der Waals surface area contributed by atoms with Gasteiger partial charge in [-0.25, -0.2) is 0 Å². The monoisotopic (exact) mass is 429 g/mol. The van der Waals surface area contributed by atoms with Crippen molar-refractivity contribution in [2.24, 2.45) is 5.92 Å². The first-order valence-corrected chi connectivity index (χ1v) is 5.11. The first-order chi connectivity index (χ1) is 5.27. The molecule has 0 aromatic rings. The first kappa shape index (κ1) is 11.4. The van der Waals surface area contributed by atoms with Crippen molar-refractivity contribution in [3.05, 3.63) is 16.9 Å². The summed E-state index contributed by atoms with van der Waals surface area (Å²) >= 11 is 9.42. The Balaban J connectivity index is 0.00000121. The Hall–Kier alpha value is -0.560. The average Bonchev–Trinajstić information content (AvgIpc) is 2.04. The molecule has 0 aromatic carbocycles. The van der Waals surface area contributed by atoms with Gasteiger partial charge in [0.15, 0.2) is 0 Å². The number of allylic oxidation sites excluding steroid dienone is 2. The number of thiol groups is 1. The quantitative estimate of drug-likeness (QED) is 0.397. The molecular weight excluding hydrogens is 419 g/mol. The van der Waals surface area contributed by atoms with E-state index in [4.69, 9.17) is 12.6 Å². The van der Waals surface area contributed by atoms with Crippen LogP contribution in [-0.4, -0.2) is 5.75 Å².